The number of benzene rings is 1. The predicted molar refractivity (Wildman–Crippen MR) is 77.7 cm³/mol. The van der Waals surface area contributed by atoms with Crippen LogP contribution in [0.15, 0.2) is 12.1 Å². The smallest absolute Gasteiger partial charge is 0.231 e. The zero-order chi connectivity index (χ0) is 14.0. The summed E-state index contributed by atoms with van der Waals surface area (Å²) >= 11 is 0. The highest BCUT2D eigenvalue weighted by Gasteiger charge is 2.55. The molecular weight excluding hydrogens is 266 g/mol. The van der Waals surface area contributed by atoms with Gasteiger partial charge in [0.15, 0.2) is 11.5 Å². The molecule has 1 aromatic carbocycles. The van der Waals surface area contributed by atoms with Gasteiger partial charge < -0.3 is 14.2 Å². The zero-order valence-corrected chi connectivity index (χ0v) is 12.4. The van der Waals surface area contributed by atoms with E-state index in [4.69, 9.17) is 14.2 Å². The summed E-state index contributed by atoms with van der Waals surface area (Å²) in [5, 5.41) is 0. The van der Waals surface area contributed by atoms with E-state index in [1.807, 2.05) is 7.11 Å². The van der Waals surface area contributed by atoms with Gasteiger partial charge in [0, 0.05) is 25.1 Å². The molecule has 0 spiro atoms. The van der Waals surface area contributed by atoms with Gasteiger partial charge in [0.1, 0.15) is 0 Å². The van der Waals surface area contributed by atoms with E-state index in [1.165, 1.54) is 43.4 Å². The van der Waals surface area contributed by atoms with Gasteiger partial charge in [-0.15, -0.1) is 0 Å². The fourth-order valence-corrected chi connectivity index (χ4v) is 5.12. The average Bonchev–Trinajstić information content (AvgIpc) is 3.07. The zero-order valence-electron chi connectivity index (χ0n) is 12.4. The van der Waals surface area contributed by atoms with Crippen LogP contribution in [-0.4, -0.2) is 37.5 Å². The molecule has 4 aliphatic rings. The number of methoxy groups -OCH3 is 1. The second kappa shape index (κ2) is 4.14. The Morgan fingerprint density at radius 3 is 2.95 bits per heavy atom. The van der Waals surface area contributed by atoms with Crippen LogP contribution in [0.5, 0.6) is 11.5 Å². The monoisotopic (exact) mass is 287 g/mol. The van der Waals surface area contributed by atoms with Crippen LogP contribution in [0, 0.1) is 0 Å². The average molecular weight is 287 g/mol. The maximum atomic E-state index is 5.65. The van der Waals surface area contributed by atoms with Crippen molar-refractivity contribution in [1.82, 2.24) is 4.90 Å². The molecule has 3 aliphatic heterocycles. The van der Waals surface area contributed by atoms with Crippen molar-refractivity contribution in [2.75, 3.05) is 20.4 Å². The fraction of sp³-hybridized carbons (Fsp3) is 0.647. The first kappa shape index (κ1) is 12.3. The molecular formula is C17H21NO3. The maximum absolute atomic E-state index is 5.65. The third-order valence-corrected chi connectivity index (χ3v) is 6.16. The number of nitrogens with zero attached hydrogens (tertiary/aromatic N) is 1. The first-order valence-corrected chi connectivity index (χ1v) is 8.00. The fourth-order valence-electron chi connectivity index (χ4n) is 5.12. The van der Waals surface area contributed by atoms with Crippen molar-refractivity contribution in [2.45, 2.75) is 49.8 Å². The molecule has 3 heterocycles. The molecule has 4 heteroatoms. The van der Waals surface area contributed by atoms with E-state index in [2.05, 4.69) is 17.0 Å². The van der Waals surface area contributed by atoms with Gasteiger partial charge in [-0.05, 0) is 55.5 Å². The van der Waals surface area contributed by atoms with E-state index in [0.717, 1.165) is 18.0 Å². The topological polar surface area (TPSA) is 30.9 Å². The molecule has 5 rings (SSSR count). The van der Waals surface area contributed by atoms with Crippen LogP contribution in [0.1, 0.15) is 36.8 Å². The summed E-state index contributed by atoms with van der Waals surface area (Å²) in [6.45, 7) is 2.63. The summed E-state index contributed by atoms with van der Waals surface area (Å²) in [6.07, 6.45) is 5.29. The Balaban J connectivity index is 1.63. The van der Waals surface area contributed by atoms with Crippen molar-refractivity contribution in [3.05, 3.63) is 23.3 Å². The lowest BCUT2D eigenvalue weighted by Crippen LogP contribution is -2.51. The Bertz CT molecular complexity index is 602. The highest BCUT2D eigenvalue weighted by molar-refractivity contribution is 5.53. The van der Waals surface area contributed by atoms with Crippen molar-refractivity contribution < 1.29 is 14.2 Å². The van der Waals surface area contributed by atoms with Crippen molar-refractivity contribution in [1.29, 1.82) is 0 Å². The van der Waals surface area contributed by atoms with E-state index >= 15 is 0 Å². The van der Waals surface area contributed by atoms with Gasteiger partial charge in [-0.3, -0.25) is 4.90 Å². The van der Waals surface area contributed by atoms with Gasteiger partial charge >= 0.3 is 0 Å². The minimum absolute atomic E-state index is 0.323. The normalized spacial score (nSPS) is 39.0. The van der Waals surface area contributed by atoms with Gasteiger partial charge in [0.05, 0.1) is 6.10 Å². The Labute approximate surface area is 125 Å². The lowest BCUT2D eigenvalue weighted by molar-refractivity contribution is 0.00927. The van der Waals surface area contributed by atoms with Crippen LogP contribution in [0.25, 0.3) is 0 Å². The second-order valence-electron chi connectivity index (χ2n) is 6.89. The molecule has 4 nitrogen and oxygen atoms in total. The Hall–Kier alpha value is -1.26. The third kappa shape index (κ3) is 1.52. The SMILES string of the molecule is COC1CCC23CCN(Cc4cc5c(cc42)OCO5)C3C1. The van der Waals surface area contributed by atoms with Gasteiger partial charge in [-0.25, -0.2) is 0 Å². The van der Waals surface area contributed by atoms with Gasteiger partial charge in [-0.1, -0.05) is 0 Å². The van der Waals surface area contributed by atoms with Crippen molar-refractivity contribution in [3.8, 4) is 11.5 Å². The van der Waals surface area contributed by atoms with E-state index < -0.39 is 0 Å². The largest absolute Gasteiger partial charge is 0.454 e. The first-order chi connectivity index (χ1) is 10.3. The Morgan fingerprint density at radius 2 is 2.10 bits per heavy atom. The molecule has 21 heavy (non-hydrogen) atoms. The lowest BCUT2D eigenvalue weighted by Gasteiger charge is -2.48. The summed E-state index contributed by atoms with van der Waals surface area (Å²) in [5.41, 5.74) is 3.30. The van der Waals surface area contributed by atoms with E-state index in [1.54, 1.807) is 0 Å². The lowest BCUT2D eigenvalue weighted by atomic mass is 9.63. The predicted octanol–water partition coefficient (Wildman–Crippen LogP) is 2.44. The van der Waals surface area contributed by atoms with Gasteiger partial charge in [0.2, 0.25) is 6.79 Å². The number of hydrogen-bond acceptors (Lipinski definition) is 4. The molecule has 0 N–H and O–H groups in total. The summed E-state index contributed by atoms with van der Waals surface area (Å²) < 4.78 is 16.8. The van der Waals surface area contributed by atoms with Gasteiger partial charge in [-0.2, -0.15) is 0 Å². The molecule has 0 aromatic heterocycles. The molecule has 1 saturated carbocycles. The quantitative estimate of drug-likeness (QED) is 0.794. The minimum atomic E-state index is 0.323. The van der Waals surface area contributed by atoms with Crippen LogP contribution in [0.2, 0.25) is 0 Å². The molecule has 1 saturated heterocycles. The van der Waals surface area contributed by atoms with Crippen LogP contribution in [-0.2, 0) is 16.7 Å². The van der Waals surface area contributed by atoms with Crippen LogP contribution < -0.4 is 9.47 Å². The third-order valence-electron chi connectivity index (χ3n) is 6.16. The molecule has 2 fully saturated rings. The molecule has 0 amide bonds. The Kier molecular flexibility index (Phi) is 2.43. The van der Waals surface area contributed by atoms with Gasteiger partial charge in [0.25, 0.3) is 0 Å². The molecule has 0 radical (unpaired) electrons. The summed E-state index contributed by atoms with van der Waals surface area (Å²) in [7, 11) is 1.86. The highest BCUT2D eigenvalue weighted by Crippen LogP contribution is 2.55. The number of rotatable bonds is 1. The highest BCUT2D eigenvalue weighted by atomic mass is 16.7. The first-order valence-electron chi connectivity index (χ1n) is 8.00. The summed E-state index contributed by atoms with van der Waals surface area (Å²) in [4.78, 5) is 2.66. The standard InChI is InChI=1S/C17H21NO3/c1-19-12-2-3-17-4-5-18(16(17)7-12)9-11-6-14-15(8-13(11)17)21-10-20-14/h6,8,12,16H,2-5,7,9-10H2,1H3. The summed E-state index contributed by atoms with van der Waals surface area (Å²) in [5.74, 6) is 1.87. The molecule has 2 bridgehead atoms. The number of hydrogen-bond donors (Lipinski definition) is 0. The Morgan fingerprint density at radius 1 is 1.24 bits per heavy atom. The summed E-state index contributed by atoms with van der Waals surface area (Å²) in [6, 6.07) is 5.14. The van der Waals surface area contributed by atoms with Crippen LogP contribution >= 0.6 is 0 Å². The second-order valence-corrected chi connectivity index (χ2v) is 6.89. The van der Waals surface area contributed by atoms with E-state index in [-0.39, 0.29) is 0 Å². The van der Waals surface area contributed by atoms with Crippen molar-refractivity contribution in [3.63, 3.8) is 0 Å². The molecule has 4 unspecified atom stereocenters. The minimum Gasteiger partial charge on any atom is -0.454 e. The van der Waals surface area contributed by atoms with Crippen molar-refractivity contribution >= 4 is 0 Å². The number of fused-ring (bicyclic) bond motifs is 2. The number of ether oxygens (including phenoxy) is 3. The van der Waals surface area contributed by atoms with Crippen LogP contribution in [0.4, 0.5) is 0 Å². The molecule has 1 aromatic rings. The van der Waals surface area contributed by atoms with Crippen molar-refractivity contribution in [2.24, 2.45) is 0 Å². The maximum Gasteiger partial charge on any atom is 0.231 e. The van der Waals surface area contributed by atoms with E-state index in [9.17, 15) is 0 Å². The molecule has 1 aliphatic carbocycles. The molecule has 112 valence electrons. The molecule has 4 atom stereocenters. The van der Waals surface area contributed by atoms with Crippen LogP contribution in [0.3, 0.4) is 0 Å². The van der Waals surface area contributed by atoms with E-state index in [0.29, 0.717) is 24.4 Å².